The Hall–Kier alpha value is -0.830. The second-order valence-electron chi connectivity index (χ2n) is 3.26. The van der Waals surface area contributed by atoms with Crippen LogP contribution >= 0.6 is 15.9 Å². The third-order valence-corrected chi connectivity index (χ3v) is 2.41. The maximum absolute atomic E-state index is 11.6. The van der Waals surface area contributed by atoms with Crippen LogP contribution in [0.5, 0.6) is 0 Å². The Bertz CT molecular complexity index is 336. The van der Waals surface area contributed by atoms with Crippen molar-refractivity contribution in [2.45, 2.75) is 13.8 Å². The number of rotatable bonds is 3. The lowest BCUT2D eigenvalue weighted by molar-refractivity contribution is 0.0955. The highest BCUT2D eigenvalue weighted by atomic mass is 79.9. The summed E-state index contributed by atoms with van der Waals surface area (Å²) in [6.45, 7) is 4.59. The molecule has 3 heteroatoms. The summed E-state index contributed by atoms with van der Waals surface area (Å²) in [7, 11) is 0. The van der Waals surface area contributed by atoms with Gasteiger partial charge in [0.15, 0.2) is 0 Å². The molecule has 14 heavy (non-hydrogen) atoms. The van der Waals surface area contributed by atoms with Crippen molar-refractivity contribution in [2.75, 3.05) is 11.9 Å². The Labute approximate surface area is 92.8 Å². The minimum absolute atomic E-state index is 0.00523. The van der Waals surface area contributed by atoms with Crippen LogP contribution in [0.4, 0.5) is 0 Å². The van der Waals surface area contributed by atoms with Crippen LogP contribution in [-0.2, 0) is 0 Å². The van der Waals surface area contributed by atoms with E-state index in [1.54, 1.807) is 0 Å². The van der Waals surface area contributed by atoms with Crippen molar-refractivity contribution in [1.29, 1.82) is 0 Å². The summed E-state index contributed by atoms with van der Waals surface area (Å²) in [5, 5.41) is 3.61. The monoisotopic (exact) mass is 255 g/mol. The fraction of sp³-hybridized carbons (Fsp3) is 0.364. The molecule has 0 aliphatic carbocycles. The minimum atomic E-state index is 0.00523. The molecule has 0 radical (unpaired) electrons. The normalized spacial score (nSPS) is 9.93. The third kappa shape index (κ3) is 2.84. The summed E-state index contributed by atoms with van der Waals surface area (Å²) >= 11 is 3.27. The van der Waals surface area contributed by atoms with Gasteiger partial charge in [0.2, 0.25) is 0 Å². The second-order valence-corrected chi connectivity index (χ2v) is 4.06. The van der Waals surface area contributed by atoms with Gasteiger partial charge in [-0.15, -0.1) is 0 Å². The molecule has 0 atom stereocenters. The average molecular weight is 256 g/mol. The molecule has 1 amide bonds. The molecule has 0 aromatic heterocycles. The first-order valence-electron chi connectivity index (χ1n) is 4.56. The fourth-order valence-corrected chi connectivity index (χ4v) is 1.43. The van der Waals surface area contributed by atoms with E-state index in [9.17, 15) is 4.79 Å². The zero-order chi connectivity index (χ0) is 10.6. The summed E-state index contributed by atoms with van der Waals surface area (Å²) in [5.41, 5.74) is 2.90. The molecule has 2 nitrogen and oxygen atoms in total. The first-order chi connectivity index (χ1) is 6.65. The van der Waals surface area contributed by atoms with E-state index >= 15 is 0 Å². The average Bonchev–Trinajstić information content (AvgIpc) is 2.18. The lowest BCUT2D eigenvalue weighted by Crippen LogP contribution is -2.25. The summed E-state index contributed by atoms with van der Waals surface area (Å²) < 4.78 is 0. The lowest BCUT2D eigenvalue weighted by Gasteiger charge is -2.07. The van der Waals surface area contributed by atoms with E-state index in [1.165, 1.54) is 0 Å². The first kappa shape index (κ1) is 11.2. The molecule has 0 saturated carbocycles. The van der Waals surface area contributed by atoms with Gasteiger partial charge in [-0.1, -0.05) is 33.6 Å². The summed E-state index contributed by atoms with van der Waals surface area (Å²) in [4.78, 5) is 11.6. The molecule has 0 saturated heterocycles. The number of alkyl halides is 1. The van der Waals surface area contributed by atoms with Crippen molar-refractivity contribution in [1.82, 2.24) is 5.32 Å². The molecule has 1 aromatic rings. The molecule has 0 unspecified atom stereocenters. The molecule has 0 aliphatic heterocycles. The maximum Gasteiger partial charge on any atom is 0.251 e. The standard InChI is InChI=1S/C11H14BrNO/c1-8-3-4-9(2)10(7-8)11(14)13-6-5-12/h3-4,7H,5-6H2,1-2H3,(H,13,14). The van der Waals surface area contributed by atoms with E-state index in [0.717, 1.165) is 22.0 Å². The van der Waals surface area contributed by atoms with E-state index in [2.05, 4.69) is 21.2 Å². The SMILES string of the molecule is Cc1ccc(C)c(C(=O)NCCBr)c1. The quantitative estimate of drug-likeness (QED) is 0.827. The molecule has 0 fully saturated rings. The van der Waals surface area contributed by atoms with Crippen LogP contribution in [0.25, 0.3) is 0 Å². The number of benzene rings is 1. The first-order valence-corrected chi connectivity index (χ1v) is 5.68. The molecule has 1 aromatic carbocycles. The number of carbonyl (C=O) groups excluding carboxylic acids is 1. The molecule has 1 N–H and O–H groups in total. The van der Waals surface area contributed by atoms with Gasteiger partial charge in [0.05, 0.1) is 0 Å². The van der Waals surface area contributed by atoms with Crippen LogP contribution in [0.15, 0.2) is 18.2 Å². The number of carbonyl (C=O) groups is 1. The van der Waals surface area contributed by atoms with Crippen molar-refractivity contribution < 1.29 is 4.79 Å². The number of halogens is 1. The lowest BCUT2D eigenvalue weighted by atomic mass is 10.1. The predicted octanol–water partition coefficient (Wildman–Crippen LogP) is 2.43. The molecule has 0 heterocycles. The number of amides is 1. The highest BCUT2D eigenvalue weighted by molar-refractivity contribution is 9.09. The van der Waals surface area contributed by atoms with E-state index in [4.69, 9.17) is 0 Å². The van der Waals surface area contributed by atoms with E-state index in [0.29, 0.717) is 6.54 Å². The van der Waals surface area contributed by atoms with Crippen molar-refractivity contribution in [2.24, 2.45) is 0 Å². The van der Waals surface area contributed by atoms with Crippen LogP contribution in [0.1, 0.15) is 21.5 Å². The van der Waals surface area contributed by atoms with E-state index in [1.807, 2.05) is 32.0 Å². The summed E-state index contributed by atoms with van der Waals surface area (Å²) in [5.74, 6) is 0.00523. The predicted molar refractivity (Wildman–Crippen MR) is 62.0 cm³/mol. The highest BCUT2D eigenvalue weighted by Gasteiger charge is 2.07. The Morgan fingerprint density at radius 1 is 1.43 bits per heavy atom. The largest absolute Gasteiger partial charge is 0.351 e. The number of hydrogen-bond donors (Lipinski definition) is 1. The molecular weight excluding hydrogens is 242 g/mol. The smallest absolute Gasteiger partial charge is 0.251 e. The molecule has 0 spiro atoms. The van der Waals surface area contributed by atoms with Crippen molar-refractivity contribution >= 4 is 21.8 Å². The van der Waals surface area contributed by atoms with Crippen LogP contribution < -0.4 is 5.32 Å². The van der Waals surface area contributed by atoms with Gasteiger partial charge < -0.3 is 5.32 Å². The summed E-state index contributed by atoms with van der Waals surface area (Å²) in [6.07, 6.45) is 0. The number of nitrogens with one attached hydrogen (secondary N) is 1. The number of aryl methyl sites for hydroxylation is 2. The van der Waals surface area contributed by atoms with Gasteiger partial charge in [0.1, 0.15) is 0 Å². The highest BCUT2D eigenvalue weighted by Crippen LogP contribution is 2.10. The van der Waals surface area contributed by atoms with Crippen molar-refractivity contribution in [3.63, 3.8) is 0 Å². The van der Waals surface area contributed by atoms with Gasteiger partial charge in [0, 0.05) is 17.4 Å². The fourth-order valence-electron chi connectivity index (χ4n) is 1.24. The molecule has 0 aliphatic rings. The third-order valence-electron chi connectivity index (χ3n) is 2.02. The second kappa shape index (κ2) is 5.15. The Morgan fingerprint density at radius 3 is 2.79 bits per heavy atom. The van der Waals surface area contributed by atoms with Gasteiger partial charge in [-0.2, -0.15) is 0 Å². The van der Waals surface area contributed by atoms with Crippen molar-refractivity contribution in [3.8, 4) is 0 Å². The van der Waals surface area contributed by atoms with Gasteiger partial charge >= 0.3 is 0 Å². The Morgan fingerprint density at radius 2 is 2.14 bits per heavy atom. The van der Waals surface area contributed by atoms with Crippen LogP contribution in [0.3, 0.4) is 0 Å². The molecule has 0 bridgehead atoms. The molecule has 76 valence electrons. The topological polar surface area (TPSA) is 29.1 Å². The summed E-state index contributed by atoms with van der Waals surface area (Å²) in [6, 6.07) is 5.90. The van der Waals surface area contributed by atoms with Gasteiger partial charge in [0.25, 0.3) is 5.91 Å². The van der Waals surface area contributed by atoms with E-state index < -0.39 is 0 Å². The van der Waals surface area contributed by atoms with Gasteiger partial charge in [-0.05, 0) is 25.5 Å². The number of hydrogen-bond acceptors (Lipinski definition) is 1. The molecule has 1 rings (SSSR count). The van der Waals surface area contributed by atoms with Crippen LogP contribution in [0.2, 0.25) is 0 Å². The molecular formula is C11H14BrNO. The maximum atomic E-state index is 11.6. The van der Waals surface area contributed by atoms with Gasteiger partial charge in [-0.3, -0.25) is 4.79 Å². The van der Waals surface area contributed by atoms with Crippen LogP contribution in [0, 0.1) is 13.8 Å². The van der Waals surface area contributed by atoms with Gasteiger partial charge in [-0.25, -0.2) is 0 Å². The Balaban J connectivity index is 2.83. The zero-order valence-electron chi connectivity index (χ0n) is 8.43. The zero-order valence-corrected chi connectivity index (χ0v) is 10.0. The Kier molecular flexibility index (Phi) is 4.14. The van der Waals surface area contributed by atoms with Crippen molar-refractivity contribution in [3.05, 3.63) is 34.9 Å². The van der Waals surface area contributed by atoms with E-state index in [-0.39, 0.29) is 5.91 Å². The minimum Gasteiger partial charge on any atom is -0.351 e. The van der Waals surface area contributed by atoms with Crippen LogP contribution in [-0.4, -0.2) is 17.8 Å².